The Kier molecular flexibility index (Phi) is 7.89. The van der Waals surface area contributed by atoms with Gasteiger partial charge in [-0.05, 0) is 79.4 Å². The van der Waals surface area contributed by atoms with Crippen LogP contribution in [0.1, 0.15) is 46.8 Å². The zero-order chi connectivity index (χ0) is 30.1. The number of nitrogens with one attached hydrogen (secondary N) is 2. The van der Waals surface area contributed by atoms with E-state index < -0.39 is 17.6 Å². The quantitative estimate of drug-likeness (QED) is 0.282. The number of amides is 1. The topological polar surface area (TPSA) is 97.2 Å². The van der Waals surface area contributed by atoms with Gasteiger partial charge in [-0.25, -0.2) is 4.98 Å². The van der Waals surface area contributed by atoms with E-state index in [1.165, 1.54) is 11.0 Å². The van der Waals surface area contributed by atoms with E-state index in [-0.39, 0.29) is 36.2 Å². The van der Waals surface area contributed by atoms with Crippen LogP contribution in [-0.2, 0) is 31.1 Å². The van der Waals surface area contributed by atoms with Crippen LogP contribution >= 0.6 is 0 Å². The first-order chi connectivity index (χ1) is 20.7. The summed E-state index contributed by atoms with van der Waals surface area (Å²) in [5, 5.41) is 14.7. The monoisotopic (exact) mass is 591 g/mol. The second-order valence-corrected chi connectivity index (χ2v) is 10.8. The molecule has 43 heavy (non-hydrogen) atoms. The zero-order valence-corrected chi connectivity index (χ0v) is 23.9. The molecule has 0 radical (unpaired) electrons. The number of carbonyl (C=O) groups is 1. The lowest BCUT2D eigenvalue weighted by atomic mass is 9.99. The first-order valence-electron chi connectivity index (χ1n) is 14.3. The summed E-state index contributed by atoms with van der Waals surface area (Å²) in [6.45, 7) is 3.85. The number of carbonyl (C=O) groups excluding carboxylic acids is 1. The summed E-state index contributed by atoms with van der Waals surface area (Å²) in [4.78, 5) is 19.7. The van der Waals surface area contributed by atoms with Gasteiger partial charge in [-0.3, -0.25) is 9.69 Å². The molecule has 0 unspecified atom stereocenters. The van der Waals surface area contributed by atoms with Gasteiger partial charge in [0, 0.05) is 24.7 Å². The Labute approximate surface area is 247 Å². The van der Waals surface area contributed by atoms with E-state index >= 15 is 0 Å². The maximum absolute atomic E-state index is 14.3. The van der Waals surface area contributed by atoms with Crippen molar-refractivity contribution in [1.82, 2.24) is 25.1 Å². The molecule has 12 heteroatoms. The Morgan fingerprint density at radius 1 is 1.07 bits per heavy atom. The normalized spacial score (nSPS) is 15.7. The van der Waals surface area contributed by atoms with Gasteiger partial charge in [0.15, 0.2) is 5.82 Å². The summed E-state index contributed by atoms with van der Waals surface area (Å²) in [6.07, 6.45) is -1.47. The Balaban J connectivity index is 1.38. The van der Waals surface area contributed by atoms with Gasteiger partial charge in [0.05, 0.1) is 24.8 Å². The molecule has 2 aromatic carbocycles. The molecule has 0 aliphatic carbocycles. The van der Waals surface area contributed by atoms with E-state index in [4.69, 9.17) is 4.74 Å². The molecular formula is C31H32F3N7O2. The maximum atomic E-state index is 14.3. The minimum atomic E-state index is -4.63. The number of hydrogen-bond donors (Lipinski definition) is 2. The molecule has 0 bridgehead atoms. The number of aromatic nitrogens is 4. The number of anilines is 2. The van der Waals surface area contributed by atoms with Gasteiger partial charge < -0.3 is 19.9 Å². The van der Waals surface area contributed by atoms with Crippen molar-refractivity contribution in [3.63, 3.8) is 0 Å². The molecule has 9 nitrogen and oxygen atoms in total. The minimum absolute atomic E-state index is 0.00540. The van der Waals surface area contributed by atoms with Gasteiger partial charge >= 0.3 is 6.18 Å². The molecule has 2 aliphatic rings. The molecule has 224 valence electrons. The van der Waals surface area contributed by atoms with Crippen LogP contribution in [-0.4, -0.2) is 51.4 Å². The third-order valence-corrected chi connectivity index (χ3v) is 7.82. The summed E-state index contributed by atoms with van der Waals surface area (Å²) in [6, 6.07) is 13.9. The number of nitrogens with zero attached hydrogens (tertiary/aromatic N) is 5. The van der Waals surface area contributed by atoms with Gasteiger partial charge in [0.1, 0.15) is 18.0 Å². The lowest BCUT2D eigenvalue weighted by Crippen LogP contribution is -2.32. The summed E-state index contributed by atoms with van der Waals surface area (Å²) < 4.78 is 50.7. The zero-order valence-electron chi connectivity index (χ0n) is 23.9. The minimum Gasteiger partial charge on any atom is -0.373 e. The highest BCUT2D eigenvalue weighted by molar-refractivity contribution is 6.10. The highest BCUT2D eigenvalue weighted by Gasteiger charge is 2.41. The number of pyridine rings is 1. The lowest BCUT2D eigenvalue weighted by molar-refractivity contribution is -0.138. The van der Waals surface area contributed by atoms with Crippen LogP contribution in [0.15, 0.2) is 54.9 Å². The van der Waals surface area contributed by atoms with E-state index in [1.54, 1.807) is 17.0 Å². The Hall–Kier alpha value is -4.29. The van der Waals surface area contributed by atoms with Crippen LogP contribution in [0.3, 0.4) is 0 Å². The van der Waals surface area contributed by atoms with Crippen molar-refractivity contribution < 1.29 is 22.7 Å². The number of halogens is 3. The third-order valence-electron chi connectivity index (χ3n) is 7.82. The van der Waals surface area contributed by atoms with Crippen LogP contribution < -0.4 is 15.5 Å². The molecule has 2 N–H and O–H groups in total. The van der Waals surface area contributed by atoms with E-state index in [2.05, 4.69) is 25.8 Å². The molecule has 2 aromatic heterocycles. The predicted octanol–water partition coefficient (Wildman–Crippen LogP) is 5.42. The van der Waals surface area contributed by atoms with Crippen LogP contribution in [0.4, 0.5) is 24.8 Å². The fourth-order valence-corrected chi connectivity index (χ4v) is 5.70. The van der Waals surface area contributed by atoms with Crippen molar-refractivity contribution in [2.24, 2.45) is 7.05 Å². The molecule has 0 atom stereocenters. The van der Waals surface area contributed by atoms with Crippen molar-refractivity contribution in [2.45, 2.75) is 45.2 Å². The van der Waals surface area contributed by atoms with Crippen molar-refractivity contribution in [1.29, 1.82) is 0 Å². The fourth-order valence-electron chi connectivity index (χ4n) is 5.70. The Morgan fingerprint density at radius 2 is 1.84 bits per heavy atom. The average molecular weight is 592 g/mol. The van der Waals surface area contributed by atoms with Crippen molar-refractivity contribution >= 4 is 17.5 Å². The molecule has 1 saturated heterocycles. The predicted molar refractivity (Wildman–Crippen MR) is 156 cm³/mol. The molecular weight excluding hydrogens is 559 g/mol. The number of hydrogen-bond acceptors (Lipinski definition) is 7. The number of ether oxygens (including phenoxy) is 1. The largest absolute Gasteiger partial charge is 0.416 e. The Bertz CT molecular complexity index is 1650. The van der Waals surface area contributed by atoms with Crippen molar-refractivity contribution in [3.8, 4) is 22.5 Å². The van der Waals surface area contributed by atoms with Gasteiger partial charge in [0.25, 0.3) is 5.91 Å². The number of aryl methyl sites for hydroxylation is 1. The number of alkyl halides is 3. The Morgan fingerprint density at radius 3 is 2.53 bits per heavy atom. The van der Waals surface area contributed by atoms with E-state index in [0.29, 0.717) is 23.8 Å². The van der Waals surface area contributed by atoms with Gasteiger partial charge in [-0.2, -0.15) is 13.2 Å². The smallest absolute Gasteiger partial charge is 0.373 e. The molecule has 6 rings (SSSR count). The van der Waals surface area contributed by atoms with Gasteiger partial charge in [0.2, 0.25) is 0 Å². The fraction of sp³-hybridized carbons (Fsp3) is 0.355. The molecule has 0 saturated carbocycles. The van der Waals surface area contributed by atoms with Gasteiger partial charge in [-0.15, -0.1) is 10.2 Å². The molecule has 1 amide bonds. The SMILES string of the molecule is CCNc1cc(-c2ccccc2-c2nncn2C)cc(N2Cc3c(cc(COC4CCNCC4)cc3C(F)(F)F)C2=O)n1. The van der Waals surface area contributed by atoms with E-state index in [1.807, 2.05) is 44.3 Å². The second-order valence-electron chi connectivity index (χ2n) is 10.8. The molecule has 2 aliphatic heterocycles. The van der Waals surface area contributed by atoms with Crippen LogP contribution in [0.5, 0.6) is 0 Å². The van der Waals surface area contributed by atoms with E-state index in [9.17, 15) is 18.0 Å². The lowest BCUT2D eigenvalue weighted by Gasteiger charge is -2.23. The summed E-state index contributed by atoms with van der Waals surface area (Å²) in [5.41, 5.74) is 1.84. The first kappa shape index (κ1) is 28.8. The maximum Gasteiger partial charge on any atom is 0.416 e. The molecule has 1 fully saturated rings. The van der Waals surface area contributed by atoms with Crippen LogP contribution in [0.25, 0.3) is 22.5 Å². The first-order valence-corrected chi connectivity index (χ1v) is 14.3. The highest BCUT2D eigenvalue weighted by atomic mass is 19.4. The number of rotatable bonds is 8. The molecule has 4 heterocycles. The number of fused-ring (bicyclic) bond motifs is 1. The van der Waals surface area contributed by atoms with Crippen molar-refractivity contribution in [2.75, 3.05) is 29.9 Å². The summed E-state index contributed by atoms with van der Waals surface area (Å²) in [5.74, 6) is 0.872. The second kappa shape index (κ2) is 11.8. The number of piperidine rings is 1. The third kappa shape index (κ3) is 5.84. The standard InChI is InChI=1S/C31H32F3N7O2/c1-3-36-27-14-20(22-6-4-5-7-23(22)29-39-37-18-40(29)2)15-28(38-27)41-16-25-24(30(41)42)12-19(13-26(25)31(32,33)34)17-43-21-8-10-35-11-9-21/h4-7,12-15,18,21,35H,3,8-11,16-17H2,1-2H3,(H,36,38). The van der Waals surface area contributed by atoms with Crippen LogP contribution in [0, 0.1) is 0 Å². The van der Waals surface area contributed by atoms with Crippen molar-refractivity contribution in [3.05, 3.63) is 77.1 Å². The highest BCUT2D eigenvalue weighted by Crippen LogP contribution is 2.41. The summed E-state index contributed by atoms with van der Waals surface area (Å²) in [7, 11) is 1.85. The summed E-state index contributed by atoms with van der Waals surface area (Å²) >= 11 is 0. The average Bonchev–Trinajstić information content (AvgIpc) is 3.58. The van der Waals surface area contributed by atoms with Gasteiger partial charge in [-0.1, -0.05) is 24.3 Å². The number of benzene rings is 2. The molecule has 0 spiro atoms. The molecule has 4 aromatic rings. The van der Waals surface area contributed by atoms with E-state index in [0.717, 1.165) is 48.7 Å². The van der Waals surface area contributed by atoms with Crippen LogP contribution in [0.2, 0.25) is 0 Å².